The zero-order chi connectivity index (χ0) is 19.8. The number of amides is 1. The normalized spacial score (nSPS) is 24.5. The SMILES string of the molecule is CCCS(=O)(=O)CC(=O)N1C[C@H]2CCC[C@@]2(c2nc(-c3ccccc3)no2)C1. The van der Waals surface area contributed by atoms with Crippen LogP contribution in [0.3, 0.4) is 0 Å². The van der Waals surface area contributed by atoms with E-state index in [1.807, 2.05) is 30.3 Å². The predicted octanol–water partition coefficient (Wildman–Crippen LogP) is 2.44. The summed E-state index contributed by atoms with van der Waals surface area (Å²) >= 11 is 0. The predicted molar refractivity (Wildman–Crippen MR) is 104 cm³/mol. The second kappa shape index (κ2) is 7.31. The standard InChI is InChI=1S/C20H25N3O4S/c1-2-11-28(25,26)13-17(24)23-12-16-9-6-10-20(16,14-23)19-21-18(22-27-19)15-7-4-3-5-8-15/h3-5,7-8,16H,2,6,9-14H2,1H3/t16-,20-/m1/s1. The van der Waals surface area contributed by atoms with Gasteiger partial charge < -0.3 is 9.42 Å². The van der Waals surface area contributed by atoms with E-state index in [0.717, 1.165) is 24.8 Å². The van der Waals surface area contributed by atoms with Gasteiger partial charge in [0.05, 0.1) is 11.2 Å². The van der Waals surface area contributed by atoms with E-state index in [1.54, 1.807) is 11.8 Å². The molecule has 2 fully saturated rings. The smallest absolute Gasteiger partial charge is 0.237 e. The van der Waals surface area contributed by atoms with Crippen molar-refractivity contribution in [1.82, 2.24) is 15.0 Å². The lowest BCUT2D eigenvalue weighted by Gasteiger charge is -2.24. The molecule has 0 radical (unpaired) electrons. The van der Waals surface area contributed by atoms with Crippen molar-refractivity contribution in [3.8, 4) is 11.4 Å². The monoisotopic (exact) mass is 403 g/mol. The third-order valence-electron chi connectivity index (χ3n) is 5.97. The lowest BCUT2D eigenvalue weighted by atomic mass is 9.80. The zero-order valence-electron chi connectivity index (χ0n) is 16.0. The van der Waals surface area contributed by atoms with Crippen molar-refractivity contribution in [3.63, 3.8) is 0 Å². The lowest BCUT2D eigenvalue weighted by molar-refractivity contribution is -0.127. The van der Waals surface area contributed by atoms with Gasteiger partial charge in [0.1, 0.15) is 5.75 Å². The highest BCUT2D eigenvalue weighted by Gasteiger charge is 2.55. The maximum absolute atomic E-state index is 12.6. The Bertz CT molecular complexity index is 957. The van der Waals surface area contributed by atoms with E-state index < -0.39 is 15.6 Å². The molecule has 1 aliphatic carbocycles. The van der Waals surface area contributed by atoms with Gasteiger partial charge in [-0.25, -0.2) is 8.42 Å². The Morgan fingerprint density at radius 1 is 1.32 bits per heavy atom. The highest BCUT2D eigenvalue weighted by molar-refractivity contribution is 7.92. The number of rotatable bonds is 6. The third-order valence-corrected chi connectivity index (χ3v) is 7.68. The van der Waals surface area contributed by atoms with Crippen LogP contribution in [0.1, 0.15) is 38.5 Å². The van der Waals surface area contributed by atoms with Gasteiger partial charge >= 0.3 is 0 Å². The van der Waals surface area contributed by atoms with E-state index in [2.05, 4.69) is 10.1 Å². The van der Waals surface area contributed by atoms with Crippen LogP contribution in [0.25, 0.3) is 11.4 Å². The summed E-state index contributed by atoms with van der Waals surface area (Å²) in [6, 6.07) is 9.65. The van der Waals surface area contributed by atoms with Crippen LogP contribution in [0.15, 0.2) is 34.9 Å². The molecule has 1 saturated heterocycles. The molecule has 1 aromatic carbocycles. The van der Waals surface area contributed by atoms with Gasteiger partial charge in [-0.3, -0.25) is 4.79 Å². The fraction of sp³-hybridized carbons (Fsp3) is 0.550. The van der Waals surface area contributed by atoms with Crippen molar-refractivity contribution in [2.24, 2.45) is 5.92 Å². The first-order valence-electron chi connectivity index (χ1n) is 9.81. The van der Waals surface area contributed by atoms with Gasteiger partial charge in [-0.05, 0) is 25.2 Å². The summed E-state index contributed by atoms with van der Waals surface area (Å²) in [7, 11) is -3.35. The largest absolute Gasteiger partial charge is 0.340 e. The molecule has 0 N–H and O–H groups in total. The Morgan fingerprint density at radius 3 is 2.86 bits per heavy atom. The average Bonchev–Trinajstić information content (AvgIpc) is 3.36. The van der Waals surface area contributed by atoms with Crippen molar-refractivity contribution in [3.05, 3.63) is 36.2 Å². The minimum atomic E-state index is -3.35. The topological polar surface area (TPSA) is 93.4 Å². The van der Waals surface area contributed by atoms with Gasteiger partial charge in [-0.2, -0.15) is 4.98 Å². The first kappa shape index (κ1) is 19.1. The van der Waals surface area contributed by atoms with Crippen LogP contribution in [0, 0.1) is 5.92 Å². The minimum absolute atomic E-state index is 0.0469. The van der Waals surface area contributed by atoms with Gasteiger partial charge in [0.25, 0.3) is 0 Å². The summed E-state index contributed by atoms with van der Waals surface area (Å²) in [5.41, 5.74) is 0.532. The second-order valence-electron chi connectivity index (χ2n) is 7.90. The molecule has 1 amide bonds. The van der Waals surface area contributed by atoms with E-state index >= 15 is 0 Å². The summed E-state index contributed by atoms with van der Waals surface area (Å²) in [5.74, 6) is 0.666. The molecule has 28 heavy (non-hydrogen) atoms. The fourth-order valence-corrected chi connectivity index (χ4v) is 5.95. The number of sulfone groups is 1. The molecule has 2 aliphatic rings. The van der Waals surface area contributed by atoms with Gasteiger partial charge in [-0.15, -0.1) is 0 Å². The summed E-state index contributed by atoms with van der Waals surface area (Å²) in [6.45, 7) is 2.81. The van der Waals surface area contributed by atoms with Crippen molar-refractivity contribution in [1.29, 1.82) is 0 Å². The Hall–Kier alpha value is -2.22. The van der Waals surface area contributed by atoms with Crippen LogP contribution in [0.4, 0.5) is 0 Å². The molecule has 0 spiro atoms. The fourth-order valence-electron chi connectivity index (χ4n) is 4.62. The van der Waals surface area contributed by atoms with Crippen LogP contribution >= 0.6 is 0 Å². The van der Waals surface area contributed by atoms with Crippen LogP contribution in [-0.2, 0) is 20.0 Å². The van der Waals surface area contributed by atoms with Gasteiger partial charge in [-0.1, -0.05) is 48.8 Å². The quantitative estimate of drug-likeness (QED) is 0.735. The van der Waals surface area contributed by atoms with E-state index in [1.165, 1.54) is 0 Å². The Kier molecular flexibility index (Phi) is 4.99. The number of hydrogen-bond acceptors (Lipinski definition) is 6. The number of hydrogen-bond donors (Lipinski definition) is 0. The number of likely N-dealkylation sites (tertiary alicyclic amines) is 1. The molecule has 1 aliphatic heterocycles. The molecule has 1 aromatic heterocycles. The Morgan fingerprint density at radius 2 is 2.11 bits per heavy atom. The Balaban J connectivity index is 1.56. The maximum atomic E-state index is 12.6. The van der Waals surface area contributed by atoms with E-state index in [9.17, 15) is 13.2 Å². The molecule has 2 aromatic rings. The summed E-state index contributed by atoms with van der Waals surface area (Å²) in [4.78, 5) is 19.0. The molecular weight excluding hydrogens is 378 g/mol. The number of benzene rings is 1. The van der Waals surface area contributed by atoms with Crippen molar-refractivity contribution < 1.29 is 17.7 Å². The summed E-state index contributed by atoms with van der Waals surface area (Å²) in [5, 5.41) is 4.15. The first-order valence-corrected chi connectivity index (χ1v) is 11.6. The van der Waals surface area contributed by atoms with E-state index in [0.29, 0.717) is 31.2 Å². The third kappa shape index (κ3) is 3.45. The first-order chi connectivity index (χ1) is 13.4. The zero-order valence-corrected chi connectivity index (χ0v) is 16.8. The lowest BCUT2D eigenvalue weighted by Crippen LogP contribution is -2.38. The van der Waals surface area contributed by atoms with Crippen molar-refractivity contribution in [2.45, 2.75) is 38.0 Å². The summed E-state index contributed by atoms with van der Waals surface area (Å²) < 4.78 is 29.8. The number of nitrogens with zero attached hydrogens (tertiary/aromatic N) is 3. The van der Waals surface area contributed by atoms with Crippen LogP contribution in [0.5, 0.6) is 0 Å². The highest BCUT2D eigenvalue weighted by Crippen LogP contribution is 2.50. The molecule has 0 bridgehead atoms. The number of fused-ring (bicyclic) bond motifs is 1. The van der Waals surface area contributed by atoms with Crippen LogP contribution in [0.2, 0.25) is 0 Å². The molecule has 7 nitrogen and oxygen atoms in total. The van der Waals surface area contributed by atoms with Crippen molar-refractivity contribution in [2.75, 3.05) is 24.6 Å². The molecule has 0 unspecified atom stereocenters. The summed E-state index contributed by atoms with van der Waals surface area (Å²) in [6.07, 6.45) is 3.42. The molecule has 8 heteroatoms. The van der Waals surface area contributed by atoms with Gasteiger partial charge in [0, 0.05) is 18.7 Å². The molecule has 2 atom stereocenters. The average molecular weight is 404 g/mol. The van der Waals surface area contributed by atoms with E-state index in [4.69, 9.17) is 4.52 Å². The maximum Gasteiger partial charge on any atom is 0.237 e. The number of carbonyl (C=O) groups is 1. The molecule has 2 heterocycles. The van der Waals surface area contributed by atoms with Gasteiger partial charge in [0.15, 0.2) is 9.84 Å². The number of aromatic nitrogens is 2. The second-order valence-corrected chi connectivity index (χ2v) is 10.1. The molecular formula is C20H25N3O4S. The van der Waals surface area contributed by atoms with Crippen molar-refractivity contribution >= 4 is 15.7 Å². The Labute approximate surface area is 165 Å². The number of carbonyl (C=O) groups excluding carboxylic acids is 1. The molecule has 150 valence electrons. The molecule has 4 rings (SSSR count). The molecule has 1 saturated carbocycles. The highest BCUT2D eigenvalue weighted by atomic mass is 32.2. The van der Waals surface area contributed by atoms with E-state index in [-0.39, 0.29) is 23.0 Å². The van der Waals surface area contributed by atoms with Crippen LogP contribution in [-0.4, -0.2) is 54.0 Å². The minimum Gasteiger partial charge on any atom is -0.340 e. The van der Waals surface area contributed by atoms with Gasteiger partial charge in [0.2, 0.25) is 17.6 Å². The van der Waals surface area contributed by atoms with Crippen LogP contribution < -0.4 is 0 Å².